The molecule has 1 aromatic rings. The molecule has 6 heteroatoms. The average Bonchev–Trinajstić information content (AvgIpc) is 2.37. The first-order chi connectivity index (χ1) is 8.62. The Morgan fingerprint density at radius 1 is 0.889 bits per heavy atom. The Morgan fingerprint density at radius 3 is 1.44 bits per heavy atom. The number of hydrogen-bond acceptors (Lipinski definition) is 4. The molecule has 0 spiro atoms. The van der Waals surface area contributed by atoms with Crippen molar-refractivity contribution >= 4 is 0 Å². The normalized spacial score (nSPS) is 9.44. The number of hydrogen-bond donors (Lipinski definition) is 0. The largest absolute Gasteiger partial charge is 0.487 e. The molecule has 0 saturated carbocycles. The van der Waals surface area contributed by atoms with Crippen LogP contribution in [-0.2, 0) is 0 Å². The number of halogens is 2. The molecule has 94 valence electrons. The molecule has 0 aliphatic heterocycles. The molecule has 0 aromatic heterocycles. The molecule has 0 amide bonds. The molecule has 0 heterocycles. The lowest BCUT2D eigenvalue weighted by Gasteiger charge is -2.14. The summed E-state index contributed by atoms with van der Waals surface area (Å²) in [4.78, 5) is 0. The zero-order valence-corrected chi connectivity index (χ0v) is 9.88. The molecule has 0 aliphatic rings. The minimum atomic E-state index is -1.08. The highest BCUT2D eigenvalue weighted by atomic mass is 19.1. The minimum absolute atomic E-state index is 0.0766. The summed E-state index contributed by atoms with van der Waals surface area (Å²) in [7, 11) is 0. The standard InChI is InChI=1S/C12H10F2N2O2/c1-3-17-11-9(13)7(5-15)8(6-16)10(14)12(11)18-4-2/h3-4H2,1-2H3. The van der Waals surface area contributed by atoms with E-state index in [-0.39, 0.29) is 13.2 Å². The fourth-order valence-electron chi connectivity index (χ4n) is 1.40. The second-order valence-electron chi connectivity index (χ2n) is 3.13. The van der Waals surface area contributed by atoms with Crippen molar-refractivity contribution in [3.05, 3.63) is 22.8 Å². The molecule has 18 heavy (non-hydrogen) atoms. The molecule has 1 aromatic carbocycles. The molecule has 0 atom stereocenters. The zero-order valence-electron chi connectivity index (χ0n) is 9.88. The molecule has 0 saturated heterocycles. The van der Waals surface area contributed by atoms with E-state index in [0.717, 1.165) is 0 Å². The van der Waals surface area contributed by atoms with Gasteiger partial charge in [-0.1, -0.05) is 0 Å². The van der Waals surface area contributed by atoms with Gasteiger partial charge in [0.25, 0.3) is 0 Å². The van der Waals surface area contributed by atoms with Crippen molar-refractivity contribution in [2.75, 3.05) is 13.2 Å². The number of nitrogens with zero attached hydrogens (tertiary/aromatic N) is 2. The summed E-state index contributed by atoms with van der Waals surface area (Å²) in [6, 6.07) is 2.90. The van der Waals surface area contributed by atoms with Crippen molar-refractivity contribution in [2.45, 2.75) is 13.8 Å². The van der Waals surface area contributed by atoms with Crippen LogP contribution in [0, 0.1) is 34.3 Å². The van der Waals surface area contributed by atoms with Crippen LogP contribution in [0.15, 0.2) is 0 Å². The van der Waals surface area contributed by atoms with E-state index in [2.05, 4.69) is 0 Å². The van der Waals surface area contributed by atoms with Crippen LogP contribution in [0.3, 0.4) is 0 Å². The van der Waals surface area contributed by atoms with Gasteiger partial charge in [-0.3, -0.25) is 0 Å². The highest BCUT2D eigenvalue weighted by Gasteiger charge is 2.27. The van der Waals surface area contributed by atoms with Crippen molar-refractivity contribution in [1.82, 2.24) is 0 Å². The summed E-state index contributed by atoms with van der Waals surface area (Å²) in [5.74, 6) is -3.12. The van der Waals surface area contributed by atoms with Gasteiger partial charge in [0.15, 0.2) is 11.6 Å². The summed E-state index contributed by atoms with van der Waals surface area (Å²) < 4.78 is 37.7. The Balaban J connectivity index is 3.65. The van der Waals surface area contributed by atoms with Gasteiger partial charge in [0.2, 0.25) is 11.5 Å². The SMILES string of the molecule is CCOc1c(F)c(C#N)c(C#N)c(F)c1OCC. The third-order valence-corrected chi connectivity index (χ3v) is 2.09. The number of nitriles is 2. The Bertz CT molecular complexity index is 496. The van der Waals surface area contributed by atoms with Crippen LogP contribution >= 0.6 is 0 Å². The van der Waals surface area contributed by atoms with E-state index < -0.39 is 34.3 Å². The zero-order chi connectivity index (χ0) is 13.7. The molecule has 0 N–H and O–H groups in total. The lowest BCUT2D eigenvalue weighted by atomic mass is 10.1. The smallest absolute Gasteiger partial charge is 0.201 e. The Hall–Kier alpha value is -2.34. The van der Waals surface area contributed by atoms with Gasteiger partial charge in [-0.15, -0.1) is 0 Å². The van der Waals surface area contributed by atoms with Gasteiger partial charge in [0.1, 0.15) is 23.3 Å². The van der Waals surface area contributed by atoms with Gasteiger partial charge in [0.05, 0.1) is 13.2 Å². The molecular weight excluding hydrogens is 242 g/mol. The van der Waals surface area contributed by atoms with Gasteiger partial charge < -0.3 is 9.47 Å². The summed E-state index contributed by atoms with van der Waals surface area (Å²) in [5, 5.41) is 17.5. The maximum Gasteiger partial charge on any atom is 0.201 e. The topological polar surface area (TPSA) is 66.0 Å². The van der Waals surface area contributed by atoms with Crippen LogP contribution < -0.4 is 9.47 Å². The summed E-state index contributed by atoms with van der Waals surface area (Å²) in [6.07, 6.45) is 0. The fraction of sp³-hybridized carbons (Fsp3) is 0.333. The number of benzene rings is 1. The van der Waals surface area contributed by atoms with Crippen molar-refractivity contribution < 1.29 is 18.3 Å². The third-order valence-electron chi connectivity index (χ3n) is 2.09. The maximum atomic E-state index is 13.9. The predicted molar refractivity (Wildman–Crippen MR) is 58.1 cm³/mol. The highest BCUT2D eigenvalue weighted by Crippen LogP contribution is 2.38. The molecule has 0 fully saturated rings. The van der Waals surface area contributed by atoms with Crippen molar-refractivity contribution in [3.63, 3.8) is 0 Å². The minimum Gasteiger partial charge on any atom is -0.487 e. The lowest BCUT2D eigenvalue weighted by Crippen LogP contribution is -2.07. The molecule has 0 bridgehead atoms. The summed E-state index contributed by atoms with van der Waals surface area (Å²) in [6.45, 7) is 3.31. The van der Waals surface area contributed by atoms with E-state index >= 15 is 0 Å². The summed E-state index contributed by atoms with van der Waals surface area (Å²) >= 11 is 0. The molecule has 0 radical (unpaired) electrons. The van der Waals surface area contributed by atoms with Gasteiger partial charge in [-0.05, 0) is 13.8 Å². The van der Waals surface area contributed by atoms with E-state index in [1.165, 1.54) is 12.1 Å². The first kappa shape index (κ1) is 13.7. The van der Waals surface area contributed by atoms with Crippen molar-refractivity contribution in [3.8, 4) is 23.6 Å². The highest BCUT2D eigenvalue weighted by molar-refractivity contribution is 5.58. The van der Waals surface area contributed by atoms with Crippen molar-refractivity contribution in [1.29, 1.82) is 10.5 Å². The van der Waals surface area contributed by atoms with Crippen LogP contribution in [0.2, 0.25) is 0 Å². The van der Waals surface area contributed by atoms with Crippen LogP contribution in [0.5, 0.6) is 11.5 Å². The first-order valence-corrected chi connectivity index (χ1v) is 5.22. The molecule has 0 aliphatic carbocycles. The van der Waals surface area contributed by atoms with Crippen LogP contribution in [0.25, 0.3) is 0 Å². The van der Waals surface area contributed by atoms with E-state index in [4.69, 9.17) is 20.0 Å². The van der Waals surface area contributed by atoms with E-state index in [1.807, 2.05) is 0 Å². The fourth-order valence-corrected chi connectivity index (χ4v) is 1.40. The van der Waals surface area contributed by atoms with Crippen LogP contribution in [0.4, 0.5) is 8.78 Å². The number of ether oxygens (including phenoxy) is 2. The van der Waals surface area contributed by atoms with E-state index in [0.29, 0.717) is 0 Å². The van der Waals surface area contributed by atoms with Gasteiger partial charge in [-0.25, -0.2) is 8.78 Å². The van der Waals surface area contributed by atoms with Crippen LogP contribution in [0.1, 0.15) is 25.0 Å². The lowest BCUT2D eigenvalue weighted by molar-refractivity contribution is 0.264. The van der Waals surface area contributed by atoms with Gasteiger partial charge in [-0.2, -0.15) is 10.5 Å². The predicted octanol–water partition coefficient (Wildman–Crippen LogP) is 2.51. The number of rotatable bonds is 4. The van der Waals surface area contributed by atoms with Crippen LogP contribution in [-0.4, -0.2) is 13.2 Å². The Labute approximate surface area is 103 Å². The van der Waals surface area contributed by atoms with E-state index in [9.17, 15) is 8.78 Å². The molecule has 1 rings (SSSR count). The third kappa shape index (κ3) is 2.18. The molecular formula is C12H10F2N2O2. The Morgan fingerprint density at radius 2 is 1.22 bits per heavy atom. The molecule has 0 unspecified atom stereocenters. The average molecular weight is 252 g/mol. The monoisotopic (exact) mass is 252 g/mol. The van der Waals surface area contributed by atoms with Gasteiger partial charge >= 0.3 is 0 Å². The molecule has 4 nitrogen and oxygen atoms in total. The maximum absolute atomic E-state index is 13.9. The van der Waals surface area contributed by atoms with Crippen molar-refractivity contribution in [2.24, 2.45) is 0 Å². The second kappa shape index (κ2) is 5.83. The first-order valence-electron chi connectivity index (χ1n) is 5.22. The summed E-state index contributed by atoms with van der Waals surface area (Å²) in [5.41, 5.74) is -1.36. The van der Waals surface area contributed by atoms with Gasteiger partial charge in [0, 0.05) is 0 Å². The second-order valence-corrected chi connectivity index (χ2v) is 3.13. The van der Waals surface area contributed by atoms with E-state index in [1.54, 1.807) is 13.8 Å². The Kier molecular flexibility index (Phi) is 4.45. The quantitative estimate of drug-likeness (QED) is 0.825.